The zero-order valence-corrected chi connectivity index (χ0v) is 13.5. The number of hydrogen-bond donors (Lipinski definition) is 2. The summed E-state index contributed by atoms with van der Waals surface area (Å²) in [4.78, 5) is 24.6. The Morgan fingerprint density at radius 3 is 2.45 bits per heavy atom. The highest BCUT2D eigenvalue weighted by molar-refractivity contribution is 7.09. The minimum absolute atomic E-state index is 0.180. The molecule has 0 saturated heterocycles. The number of amides is 2. The summed E-state index contributed by atoms with van der Waals surface area (Å²) in [5.74, 6) is -0.435. The van der Waals surface area contributed by atoms with Crippen LogP contribution in [0.2, 0.25) is 5.02 Å². The van der Waals surface area contributed by atoms with Gasteiger partial charge in [-0.1, -0.05) is 29.8 Å². The Hall–Kier alpha value is -1.85. The lowest BCUT2D eigenvalue weighted by atomic mass is 10.1. The van der Waals surface area contributed by atoms with E-state index in [1.54, 1.807) is 35.6 Å². The SMILES string of the molecule is O=C(CCCc1cccs1)NNC(=O)Cc1ccc(Cl)cc1. The summed E-state index contributed by atoms with van der Waals surface area (Å²) in [6, 6.07) is 11.1. The van der Waals surface area contributed by atoms with Crippen molar-refractivity contribution in [2.45, 2.75) is 25.7 Å². The van der Waals surface area contributed by atoms with E-state index in [0.717, 1.165) is 18.4 Å². The van der Waals surface area contributed by atoms with E-state index in [9.17, 15) is 9.59 Å². The average molecular weight is 337 g/mol. The molecule has 0 radical (unpaired) electrons. The Kier molecular flexibility index (Phi) is 6.43. The first-order valence-corrected chi connectivity index (χ1v) is 8.24. The molecule has 2 rings (SSSR count). The van der Waals surface area contributed by atoms with Gasteiger partial charge in [0.05, 0.1) is 6.42 Å². The lowest BCUT2D eigenvalue weighted by Crippen LogP contribution is -2.42. The van der Waals surface area contributed by atoms with Crippen LogP contribution in [0.25, 0.3) is 0 Å². The summed E-state index contributed by atoms with van der Waals surface area (Å²) < 4.78 is 0. The minimum Gasteiger partial charge on any atom is -0.273 e. The zero-order valence-electron chi connectivity index (χ0n) is 12.0. The normalized spacial score (nSPS) is 10.2. The third kappa shape index (κ3) is 5.87. The number of nitrogens with one attached hydrogen (secondary N) is 2. The first-order valence-electron chi connectivity index (χ1n) is 6.98. The molecule has 1 heterocycles. The number of benzene rings is 1. The molecule has 0 aliphatic heterocycles. The molecule has 0 aliphatic carbocycles. The van der Waals surface area contributed by atoms with Crippen molar-refractivity contribution >= 4 is 34.8 Å². The molecule has 0 fully saturated rings. The Morgan fingerprint density at radius 1 is 1.05 bits per heavy atom. The van der Waals surface area contributed by atoms with Gasteiger partial charge in [-0.05, 0) is 42.0 Å². The summed E-state index contributed by atoms with van der Waals surface area (Å²) in [6.45, 7) is 0. The van der Waals surface area contributed by atoms with E-state index in [1.165, 1.54) is 4.88 Å². The quantitative estimate of drug-likeness (QED) is 0.796. The van der Waals surface area contributed by atoms with Crippen LogP contribution in [0.1, 0.15) is 23.3 Å². The van der Waals surface area contributed by atoms with Crippen LogP contribution in [0.4, 0.5) is 0 Å². The highest BCUT2D eigenvalue weighted by Crippen LogP contribution is 2.12. The second-order valence-electron chi connectivity index (χ2n) is 4.83. The average Bonchev–Trinajstić information content (AvgIpc) is 3.01. The number of carbonyl (C=O) groups excluding carboxylic acids is 2. The molecule has 0 unspecified atom stereocenters. The monoisotopic (exact) mass is 336 g/mol. The van der Waals surface area contributed by atoms with Gasteiger partial charge in [0.25, 0.3) is 0 Å². The van der Waals surface area contributed by atoms with Crippen LogP contribution < -0.4 is 10.9 Å². The van der Waals surface area contributed by atoms with Crippen LogP contribution in [-0.4, -0.2) is 11.8 Å². The maximum absolute atomic E-state index is 11.7. The number of carbonyl (C=O) groups is 2. The lowest BCUT2D eigenvalue weighted by Gasteiger charge is -2.07. The Bertz CT molecular complexity index is 612. The summed E-state index contributed by atoms with van der Waals surface area (Å²) in [7, 11) is 0. The first-order chi connectivity index (χ1) is 10.6. The van der Waals surface area contributed by atoms with E-state index in [-0.39, 0.29) is 18.2 Å². The van der Waals surface area contributed by atoms with Crippen molar-refractivity contribution in [3.63, 3.8) is 0 Å². The molecule has 116 valence electrons. The molecule has 1 aromatic carbocycles. The molecule has 2 N–H and O–H groups in total. The molecule has 2 amide bonds. The van der Waals surface area contributed by atoms with Crippen molar-refractivity contribution < 1.29 is 9.59 Å². The van der Waals surface area contributed by atoms with E-state index in [4.69, 9.17) is 11.6 Å². The van der Waals surface area contributed by atoms with Gasteiger partial charge < -0.3 is 0 Å². The standard InChI is InChI=1S/C16H17ClN2O2S/c17-13-8-6-12(7-9-13)11-16(21)19-18-15(20)5-1-3-14-4-2-10-22-14/h2,4,6-10H,1,3,5,11H2,(H,18,20)(H,19,21). The highest BCUT2D eigenvalue weighted by Gasteiger charge is 2.06. The molecular weight excluding hydrogens is 320 g/mol. The number of thiophene rings is 1. The number of aryl methyl sites for hydroxylation is 1. The van der Waals surface area contributed by atoms with Gasteiger partial charge in [0.15, 0.2) is 0 Å². The maximum Gasteiger partial charge on any atom is 0.242 e. The third-order valence-electron chi connectivity index (χ3n) is 3.03. The maximum atomic E-state index is 11.7. The van der Waals surface area contributed by atoms with Gasteiger partial charge in [-0.3, -0.25) is 20.4 Å². The molecule has 2 aromatic rings. The summed E-state index contributed by atoms with van der Waals surface area (Å²) >= 11 is 7.46. The Morgan fingerprint density at radius 2 is 1.77 bits per heavy atom. The molecule has 0 atom stereocenters. The van der Waals surface area contributed by atoms with Gasteiger partial charge in [0.2, 0.25) is 11.8 Å². The third-order valence-corrected chi connectivity index (χ3v) is 4.21. The van der Waals surface area contributed by atoms with Crippen LogP contribution in [0.5, 0.6) is 0 Å². The van der Waals surface area contributed by atoms with E-state index in [0.29, 0.717) is 11.4 Å². The fraction of sp³-hybridized carbons (Fsp3) is 0.250. The van der Waals surface area contributed by atoms with Crippen molar-refractivity contribution in [2.75, 3.05) is 0 Å². The Balaban J connectivity index is 1.63. The topological polar surface area (TPSA) is 58.2 Å². The van der Waals surface area contributed by atoms with Gasteiger partial charge in [-0.2, -0.15) is 0 Å². The number of hydrogen-bond acceptors (Lipinski definition) is 3. The van der Waals surface area contributed by atoms with Crippen LogP contribution in [0.3, 0.4) is 0 Å². The molecule has 22 heavy (non-hydrogen) atoms. The number of halogens is 1. The molecule has 6 heteroatoms. The van der Waals surface area contributed by atoms with E-state index in [1.807, 2.05) is 11.4 Å². The van der Waals surface area contributed by atoms with E-state index >= 15 is 0 Å². The second-order valence-corrected chi connectivity index (χ2v) is 6.30. The molecule has 4 nitrogen and oxygen atoms in total. The van der Waals surface area contributed by atoms with Crippen molar-refractivity contribution in [1.29, 1.82) is 0 Å². The minimum atomic E-state index is -0.256. The Labute approximate surface area is 138 Å². The lowest BCUT2D eigenvalue weighted by molar-refractivity contribution is -0.128. The van der Waals surface area contributed by atoms with E-state index < -0.39 is 0 Å². The van der Waals surface area contributed by atoms with Crippen molar-refractivity contribution in [3.05, 3.63) is 57.2 Å². The molecule has 0 bridgehead atoms. The van der Waals surface area contributed by atoms with Crippen LogP contribution in [0, 0.1) is 0 Å². The number of rotatable bonds is 6. The fourth-order valence-corrected chi connectivity index (χ4v) is 2.79. The van der Waals surface area contributed by atoms with Crippen LogP contribution in [0.15, 0.2) is 41.8 Å². The van der Waals surface area contributed by atoms with Crippen molar-refractivity contribution in [1.82, 2.24) is 10.9 Å². The van der Waals surface area contributed by atoms with Crippen molar-refractivity contribution in [2.24, 2.45) is 0 Å². The summed E-state index contributed by atoms with van der Waals surface area (Å²) in [6.07, 6.45) is 2.23. The van der Waals surface area contributed by atoms with Gasteiger partial charge >= 0.3 is 0 Å². The summed E-state index contributed by atoms with van der Waals surface area (Å²) in [5.41, 5.74) is 5.69. The van der Waals surface area contributed by atoms with Crippen molar-refractivity contribution in [3.8, 4) is 0 Å². The summed E-state index contributed by atoms with van der Waals surface area (Å²) in [5, 5.41) is 2.65. The molecule has 0 spiro atoms. The van der Waals surface area contributed by atoms with Gasteiger partial charge in [-0.15, -0.1) is 11.3 Å². The number of hydrazine groups is 1. The fourth-order valence-electron chi connectivity index (χ4n) is 1.91. The van der Waals surface area contributed by atoms with Crippen LogP contribution >= 0.6 is 22.9 Å². The zero-order chi connectivity index (χ0) is 15.8. The first kappa shape index (κ1) is 16.5. The molecule has 0 aliphatic rings. The largest absolute Gasteiger partial charge is 0.273 e. The molecule has 1 aromatic heterocycles. The second kappa shape index (κ2) is 8.56. The predicted molar refractivity (Wildman–Crippen MR) is 88.7 cm³/mol. The highest BCUT2D eigenvalue weighted by atomic mass is 35.5. The van der Waals surface area contributed by atoms with E-state index in [2.05, 4.69) is 16.9 Å². The van der Waals surface area contributed by atoms with Gasteiger partial charge in [0, 0.05) is 16.3 Å². The predicted octanol–water partition coefficient (Wildman–Crippen LogP) is 3.11. The van der Waals surface area contributed by atoms with Gasteiger partial charge in [0.1, 0.15) is 0 Å². The molecule has 0 saturated carbocycles. The molecular formula is C16H17ClN2O2S. The van der Waals surface area contributed by atoms with Gasteiger partial charge in [-0.25, -0.2) is 0 Å². The smallest absolute Gasteiger partial charge is 0.242 e. The van der Waals surface area contributed by atoms with Crippen LogP contribution in [-0.2, 0) is 22.4 Å².